The Labute approximate surface area is 166 Å². The van der Waals surface area contributed by atoms with Gasteiger partial charge in [-0.3, -0.25) is 9.59 Å². The lowest BCUT2D eigenvalue weighted by atomic mass is 10.1. The second-order valence-corrected chi connectivity index (χ2v) is 6.02. The van der Waals surface area contributed by atoms with Gasteiger partial charge in [-0.2, -0.15) is 0 Å². The Bertz CT molecular complexity index is 1090. The van der Waals surface area contributed by atoms with Crippen LogP contribution in [0.25, 0.3) is 10.9 Å². The van der Waals surface area contributed by atoms with Crippen molar-refractivity contribution in [3.8, 4) is 11.5 Å². The third-order valence-electron chi connectivity index (χ3n) is 4.09. The molecule has 29 heavy (non-hydrogen) atoms. The lowest BCUT2D eigenvalue weighted by Crippen LogP contribution is -2.21. The Morgan fingerprint density at radius 1 is 1.07 bits per heavy atom. The molecule has 150 valence electrons. The minimum atomic E-state index is -0.696. The van der Waals surface area contributed by atoms with Crippen molar-refractivity contribution in [1.82, 2.24) is 4.98 Å². The molecular formula is C21H20N2O6. The minimum absolute atomic E-state index is 0.0920. The minimum Gasteiger partial charge on any atom is -0.497 e. The average molecular weight is 396 g/mol. The standard InChI is InChI=1S/C21H20N2O6/c1-3-28-21(26)17-11-22-18-9-4-13(10-16(18)20(17)25)23-19(24)12-29-15-7-5-14(27-2)6-8-15/h4-11H,3,12H2,1-2H3,(H,22,25)(H,23,24). The molecule has 1 amide bonds. The quantitative estimate of drug-likeness (QED) is 0.595. The molecule has 3 aromatic rings. The summed E-state index contributed by atoms with van der Waals surface area (Å²) in [6.07, 6.45) is 1.32. The highest BCUT2D eigenvalue weighted by atomic mass is 16.5. The smallest absolute Gasteiger partial charge is 0.343 e. The molecule has 0 saturated carbocycles. The molecule has 0 bridgehead atoms. The highest BCUT2D eigenvalue weighted by molar-refractivity contribution is 5.97. The zero-order chi connectivity index (χ0) is 20.8. The van der Waals surface area contributed by atoms with E-state index in [1.54, 1.807) is 50.4 Å². The van der Waals surface area contributed by atoms with E-state index in [2.05, 4.69) is 10.3 Å². The number of ether oxygens (including phenoxy) is 3. The van der Waals surface area contributed by atoms with Crippen molar-refractivity contribution in [3.05, 3.63) is 64.4 Å². The van der Waals surface area contributed by atoms with Crippen molar-refractivity contribution >= 4 is 28.5 Å². The molecule has 0 aliphatic carbocycles. The van der Waals surface area contributed by atoms with Crippen LogP contribution in [-0.2, 0) is 9.53 Å². The van der Waals surface area contributed by atoms with Crippen LogP contribution in [0.3, 0.4) is 0 Å². The lowest BCUT2D eigenvalue weighted by Gasteiger charge is -2.09. The van der Waals surface area contributed by atoms with E-state index in [4.69, 9.17) is 14.2 Å². The molecule has 2 N–H and O–H groups in total. The number of carbonyl (C=O) groups excluding carboxylic acids is 2. The van der Waals surface area contributed by atoms with Crippen LogP contribution in [0.1, 0.15) is 17.3 Å². The van der Waals surface area contributed by atoms with Gasteiger partial charge in [0.2, 0.25) is 5.43 Å². The highest BCUT2D eigenvalue weighted by Crippen LogP contribution is 2.18. The van der Waals surface area contributed by atoms with Crippen LogP contribution in [0.15, 0.2) is 53.5 Å². The molecule has 8 heteroatoms. The lowest BCUT2D eigenvalue weighted by molar-refractivity contribution is -0.118. The first-order valence-electron chi connectivity index (χ1n) is 8.91. The Morgan fingerprint density at radius 3 is 2.48 bits per heavy atom. The van der Waals surface area contributed by atoms with E-state index in [9.17, 15) is 14.4 Å². The van der Waals surface area contributed by atoms with E-state index in [1.165, 1.54) is 12.3 Å². The summed E-state index contributed by atoms with van der Waals surface area (Å²) in [6, 6.07) is 11.6. The molecule has 0 saturated heterocycles. The number of hydrogen-bond donors (Lipinski definition) is 2. The predicted molar refractivity (Wildman–Crippen MR) is 108 cm³/mol. The Kier molecular flexibility index (Phi) is 6.13. The van der Waals surface area contributed by atoms with Gasteiger partial charge in [0.25, 0.3) is 5.91 Å². The second-order valence-electron chi connectivity index (χ2n) is 6.02. The summed E-state index contributed by atoms with van der Waals surface area (Å²) in [7, 11) is 1.56. The molecule has 2 aromatic carbocycles. The fraction of sp³-hybridized carbons (Fsp3) is 0.190. The maximum absolute atomic E-state index is 12.6. The van der Waals surface area contributed by atoms with E-state index >= 15 is 0 Å². The van der Waals surface area contributed by atoms with Crippen LogP contribution in [0, 0.1) is 0 Å². The van der Waals surface area contributed by atoms with E-state index in [-0.39, 0.29) is 24.2 Å². The highest BCUT2D eigenvalue weighted by Gasteiger charge is 2.14. The molecule has 3 rings (SSSR count). The van der Waals surface area contributed by atoms with Crippen LogP contribution >= 0.6 is 0 Å². The van der Waals surface area contributed by atoms with Gasteiger partial charge in [0, 0.05) is 22.8 Å². The van der Waals surface area contributed by atoms with Crippen LogP contribution < -0.4 is 20.2 Å². The summed E-state index contributed by atoms with van der Waals surface area (Å²) in [5.41, 5.74) is 0.385. The summed E-state index contributed by atoms with van der Waals surface area (Å²) in [6.45, 7) is 1.62. The molecule has 0 aliphatic rings. The van der Waals surface area contributed by atoms with Crippen molar-refractivity contribution < 1.29 is 23.8 Å². The monoisotopic (exact) mass is 396 g/mol. The van der Waals surface area contributed by atoms with E-state index < -0.39 is 17.3 Å². The zero-order valence-electron chi connectivity index (χ0n) is 16.0. The molecule has 1 heterocycles. The third-order valence-corrected chi connectivity index (χ3v) is 4.09. The number of aromatic amines is 1. The van der Waals surface area contributed by atoms with Gasteiger partial charge < -0.3 is 24.5 Å². The van der Waals surface area contributed by atoms with E-state index in [0.717, 1.165) is 0 Å². The first-order valence-corrected chi connectivity index (χ1v) is 8.91. The van der Waals surface area contributed by atoms with Gasteiger partial charge >= 0.3 is 5.97 Å². The zero-order valence-corrected chi connectivity index (χ0v) is 16.0. The number of hydrogen-bond acceptors (Lipinski definition) is 6. The number of pyridine rings is 1. The van der Waals surface area contributed by atoms with Crippen molar-refractivity contribution in [2.24, 2.45) is 0 Å². The molecule has 0 fully saturated rings. The molecule has 0 aliphatic heterocycles. The number of anilines is 1. The van der Waals surface area contributed by atoms with Gasteiger partial charge in [-0.15, -0.1) is 0 Å². The largest absolute Gasteiger partial charge is 0.497 e. The predicted octanol–water partition coefficient (Wildman–Crippen LogP) is 2.73. The Balaban J connectivity index is 1.72. The maximum atomic E-state index is 12.6. The van der Waals surface area contributed by atoms with Crippen molar-refractivity contribution in [3.63, 3.8) is 0 Å². The SMILES string of the molecule is CCOC(=O)c1c[nH]c2ccc(NC(=O)COc3ccc(OC)cc3)cc2c1=O. The number of carbonyl (C=O) groups is 2. The summed E-state index contributed by atoms with van der Waals surface area (Å²) in [5.74, 6) is 0.122. The summed E-state index contributed by atoms with van der Waals surface area (Å²) >= 11 is 0. The number of amides is 1. The topological polar surface area (TPSA) is 107 Å². The van der Waals surface area contributed by atoms with Gasteiger partial charge in [0.05, 0.1) is 13.7 Å². The molecule has 0 unspecified atom stereocenters. The molecule has 0 atom stereocenters. The first kappa shape index (κ1) is 19.9. The first-order chi connectivity index (χ1) is 14.0. The number of nitrogens with one attached hydrogen (secondary N) is 2. The van der Waals surface area contributed by atoms with Gasteiger partial charge in [0.15, 0.2) is 6.61 Å². The fourth-order valence-corrected chi connectivity index (χ4v) is 2.67. The number of methoxy groups -OCH3 is 1. The molecular weight excluding hydrogens is 376 g/mol. The molecule has 8 nitrogen and oxygen atoms in total. The number of esters is 1. The van der Waals surface area contributed by atoms with E-state index in [0.29, 0.717) is 22.7 Å². The molecule has 0 radical (unpaired) electrons. The Morgan fingerprint density at radius 2 is 1.79 bits per heavy atom. The number of fused-ring (bicyclic) bond motifs is 1. The van der Waals surface area contributed by atoms with Crippen LogP contribution in [0.2, 0.25) is 0 Å². The normalized spacial score (nSPS) is 10.4. The van der Waals surface area contributed by atoms with Gasteiger partial charge in [-0.25, -0.2) is 4.79 Å². The van der Waals surface area contributed by atoms with Crippen LogP contribution in [0.4, 0.5) is 5.69 Å². The number of H-pyrrole nitrogens is 1. The van der Waals surface area contributed by atoms with Crippen molar-refractivity contribution in [2.45, 2.75) is 6.92 Å². The Hall–Kier alpha value is -3.81. The second kappa shape index (κ2) is 8.92. The van der Waals surface area contributed by atoms with Gasteiger partial charge in [0.1, 0.15) is 17.1 Å². The summed E-state index contributed by atoms with van der Waals surface area (Å²) in [4.78, 5) is 39.5. The number of benzene rings is 2. The van der Waals surface area contributed by atoms with Gasteiger partial charge in [-0.05, 0) is 49.4 Å². The van der Waals surface area contributed by atoms with Crippen LogP contribution in [0.5, 0.6) is 11.5 Å². The number of rotatable bonds is 7. The summed E-state index contributed by atoms with van der Waals surface area (Å²) in [5, 5.41) is 2.94. The van der Waals surface area contributed by atoms with Crippen LogP contribution in [-0.4, -0.2) is 37.2 Å². The van der Waals surface area contributed by atoms with Crippen molar-refractivity contribution in [1.29, 1.82) is 0 Å². The molecule has 1 aromatic heterocycles. The fourth-order valence-electron chi connectivity index (χ4n) is 2.67. The van der Waals surface area contributed by atoms with Gasteiger partial charge in [-0.1, -0.05) is 0 Å². The maximum Gasteiger partial charge on any atom is 0.343 e. The van der Waals surface area contributed by atoms with Crippen molar-refractivity contribution in [2.75, 3.05) is 25.6 Å². The molecule has 0 spiro atoms. The number of aromatic nitrogens is 1. The third kappa shape index (κ3) is 4.73. The average Bonchev–Trinajstić information content (AvgIpc) is 2.73. The summed E-state index contributed by atoms with van der Waals surface area (Å²) < 4.78 is 15.4. The van der Waals surface area contributed by atoms with E-state index in [1.807, 2.05) is 0 Å².